The Labute approximate surface area is 109 Å². The Morgan fingerprint density at radius 2 is 1.37 bits per heavy atom. The Hall–Kier alpha value is -1.93. The van der Waals surface area contributed by atoms with Crippen LogP contribution in [-0.4, -0.2) is 0 Å². The van der Waals surface area contributed by atoms with E-state index in [1.165, 1.54) is 36.4 Å². The minimum absolute atomic E-state index is 0.181. The lowest BCUT2D eigenvalue weighted by Crippen LogP contribution is -2.22. The summed E-state index contributed by atoms with van der Waals surface area (Å²) in [4.78, 5) is 0. The highest BCUT2D eigenvalue weighted by Crippen LogP contribution is 2.46. The molecule has 19 heavy (non-hydrogen) atoms. The van der Waals surface area contributed by atoms with E-state index in [1.807, 2.05) is 0 Å². The van der Waals surface area contributed by atoms with Crippen molar-refractivity contribution in [1.82, 2.24) is 0 Å². The highest BCUT2D eigenvalue weighted by Gasteiger charge is 2.34. The molecule has 0 saturated heterocycles. The van der Waals surface area contributed by atoms with Gasteiger partial charge in [-0.25, -0.2) is 8.78 Å². The molecule has 2 aromatic carbocycles. The minimum atomic E-state index is -3.87. The minimum Gasteiger partial charge on any atom is -0.445 e. The van der Waals surface area contributed by atoms with Crippen molar-refractivity contribution in [1.29, 1.82) is 0 Å². The maximum atomic E-state index is 13.8. The Morgan fingerprint density at radius 1 is 0.947 bits per heavy atom. The number of hydrogen-bond acceptors (Lipinski definition) is 2. The molecule has 98 valence electrons. The molecule has 0 N–H and O–H groups in total. The van der Waals surface area contributed by atoms with Gasteiger partial charge in [0.05, 0.1) is 16.9 Å². The van der Waals surface area contributed by atoms with Crippen molar-refractivity contribution in [3.8, 4) is 0 Å². The number of benzene rings is 2. The van der Waals surface area contributed by atoms with E-state index in [0.29, 0.717) is 0 Å². The lowest BCUT2D eigenvalue weighted by molar-refractivity contribution is 0.458. The van der Waals surface area contributed by atoms with Crippen LogP contribution in [-0.2, 0) is 9.09 Å². The predicted octanol–water partition coefficient (Wildman–Crippen LogP) is 3.35. The highest BCUT2D eigenvalue weighted by atomic mass is 31.2. The number of halogens is 2. The molecule has 0 unspecified atom stereocenters. The van der Waals surface area contributed by atoms with Crippen molar-refractivity contribution in [2.24, 2.45) is 0 Å². The van der Waals surface area contributed by atoms with E-state index >= 15 is 0 Å². The molecule has 5 heteroatoms. The fraction of sp³-hybridized carbons (Fsp3) is 0. The van der Waals surface area contributed by atoms with Gasteiger partial charge in [0.2, 0.25) is 0 Å². The van der Waals surface area contributed by atoms with Gasteiger partial charge in [-0.1, -0.05) is 30.8 Å². The zero-order chi connectivity index (χ0) is 13.9. The molecule has 0 aliphatic carbocycles. The molecule has 0 aliphatic rings. The van der Waals surface area contributed by atoms with Gasteiger partial charge < -0.3 is 4.52 Å². The van der Waals surface area contributed by atoms with Crippen LogP contribution < -0.4 is 10.6 Å². The van der Waals surface area contributed by atoms with Gasteiger partial charge in [0.1, 0.15) is 11.6 Å². The van der Waals surface area contributed by atoms with Crippen molar-refractivity contribution in [3.05, 3.63) is 73.0 Å². The van der Waals surface area contributed by atoms with Gasteiger partial charge in [0.15, 0.2) is 0 Å². The second-order valence-electron chi connectivity index (χ2n) is 3.73. The van der Waals surface area contributed by atoms with Crippen LogP contribution in [0.1, 0.15) is 0 Å². The van der Waals surface area contributed by atoms with Gasteiger partial charge in [-0.15, -0.1) is 0 Å². The molecule has 2 nitrogen and oxygen atoms in total. The molecular formula is C14H11F2O2P. The summed E-state index contributed by atoms with van der Waals surface area (Å²) in [5.74, 6) is -1.42. The summed E-state index contributed by atoms with van der Waals surface area (Å²) in [6.07, 6.45) is 0.930. The third kappa shape index (κ3) is 2.45. The van der Waals surface area contributed by atoms with E-state index in [2.05, 4.69) is 6.58 Å². The molecule has 0 aliphatic heterocycles. The van der Waals surface area contributed by atoms with Crippen LogP contribution in [0.15, 0.2) is 61.4 Å². The quantitative estimate of drug-likeness (QED) is 0.634. The monoisotopic (exact) mass is 280 g/mol. The van der Waals surface area contributed by atoms with Crippen LogP contribution in [0, 0.1) is 11.6 Å². The average molecular weight is 280 g/mol. The lowest BCUT2D eigenvalue weighted by atomic mass is 10.3. The molecule has 0 bridgehead atoms. The van der Waals surface area contributed by atoms with Crippen LogP contribution in [0.25, 0.3) is 0 Å². The van der Waals surface area contributed by atoms with Crippen molar-refractivity contribution < 1.29 is 17.9 Å². The van der Waals surface area contributed by atoms with Crippen LogP contribution >= 0.6 is 7.37 Å². The molecule has 0 radical (unpaired) electrons. The lowest BCUT2D eigenvalue weighted by Gasteiger charge is -2.18. The van der Waals surface area contributed by atoms with Gasteiger partial charge in [-0.05, 0) is 24.3 Å². The average Bonchev–Trinajstić information content (AvgIpc) is 2.39. The maximum absolute atomic E-state index is 13.8. The molecule has 2 rings (SSSR count). The van der Waals surface area contributed by atoms with Crippen molar-refractivity contribution in [2.75, 3.05) is 0 Å². The molecule has 0 heterocycles. The Morgan fingerprint density at radius 3 is 1.74 bits per heavy atom. The second kappa shape index (κ2) is 5.37. The van der Waals surface area contributed by atoms with Gasteiger partial charge in [0.25, 0.3) is 0 Å². The smallest absolute Gasteiger partial charge is 0.312 e. The standard InChI is InChI=1S/C14H11F2O2P/c1-2-18-19(17,13-9-5-3-7-11(13)15)14-10-6-4-8-12(14)16/h2-10H,1H2. The summed E-state index contributed by atoms with van der Waals surface area (Å²) in [7, 11) is -3.87. The molecule has 2 aromatic rings. The highest BCUT2D eigenvalue weighted by molar-refractivity contribution is 7.74. The largest absolute Gasteiger partial charge is 0.445 e. The van der Waals surface area contributed by atoms with Crippen LogP contribution in [0.4, 0.5) is 8.78 Å². The van der Waals surface area contributed by atoms with E-state index in [1.54, 1.807) is 0 Å². The van der Waals surface area contributed by atoms with Crippen molar-refractivity contribution >= 4 is 18.0 Å². The topological polar surface area (TPSA) is 26.3 Å². The number of hydrogen-bond donors (Lipinski definition) is 0. The summed E-state index contributed by atoms with van der Waals surface area (Å²) in [5.41, 5.74) is 0. The Bertz CT molecular complexity index is 606. The maximum Gasteiger partial charge on any atom is 0.312 e. The molecular weight excluding hydrogens is 269 g/mol. The van der Waals surface area contributed by atoms with Gasteiger partial charge in [-0.2, -0.15) is 0 Å². The van der Waals surface area contributed by atoms with Crippen LogP contribution in [0.5, 0.6) is 0 Å². The van der Waals surface area contributed by atoms with Gasteiger partial charge in [0, 0.05) is 0 Å². The Balaban J connectivity index is 2.69. The normalized spacial score (nSPS) is 11.1. The van der Waals surface area contributed by atoms with Gasteiger partial charge in [-0.3, -0.25) is 4.57 Å². The number of rotatable bonds is 4. The van der Waals surface area contributed by atoms with Gasteiger partial charge >= 0.3 is 7.37 Å². The van der Waals surface area contributed by atoms with E-state index in [4.69, 9.17) is 4.52 Å². The summed E-state index contributed by atoms with van der Waals surface area (Å²) < 4.78 is 45.5. The molecule has 0 fully saturated rings. The first-order valence-electron chi connectivity index (χ1n) is 5.49. The third-order valence-corrected chi connectivity index (χ3v) is 5.00. The molecule has 0 aromatic heterocycles. The fourth-order valence-corrected chi connectivity index (χ4v) is 3.70. The molecule has 0 amide bonds. The third-order valence-electron chi connectivity index (χ3n) is 2.56. The predicted molar refractivity (Wildman–Crippen MR) is 71.0 cm³/mol. The molecule has 0 saturated carbocycles. The summed E-state index contributed by atoms with van der Waals surface area (Å²) in [5, 5.41) is -0.361. The zero-order valence-electron chi connectivity index (χ0n) is 9.92. The fourth-order valence-electron chi connectivity index (χ4n) is 1.73. The Kier molecular flexibility index (Phi) is 3.82. The van der Waals surface area contributed by atoms with Crippen LogP contribution in [0.3, 0.4) is 0 Å². The van der Waals surface area contributed by atoms with Crippen LogP contribution in [0.2, 0.25) is 0 Å². The van der Waals surface area contributed by atoms with E-state index < -0.39 is 19.0 Å². The zero-order valence-corrected chi connectivity index (χ0v) is 10.8. The van der Waals surface area contributed by atoms with E-state index in [0.717, 1.165) is 18.4 Å². The second-order valence-corrected chi connectivity index (χ2v) is 6.00. The van der Waals surface area contributed by atoms with Crippen molar-refractivity contribution in [3.63, 3.8) is 0 Å². The first-order chi connectivity index (χ1) is 9.09. The molecule has 0 spiro atoms. The van der Waals surface area contributed by atoms with Crippen molar-refractivity contribution in [2.45, 2.75) is 0 Å². The summed E-state index contributed by atoms with van der Waals surface area (Å²) in [6.45, 7) is 3.32. The summed E-state index contributed by atoms with van der Waals surface area (Å²) >= 11 is 0. The first kappa shape index (κ1) is 13.5. The SMILES string of the molecule is C=COP(=O)(c1ccccc1F)c1ccccc1F. The molecule has 0 atom stereocenters. The van der Waals surface area contributed by atoms with E-state index in [9.17, 15) is 13.3 Å². The van der Waals surface area contributed by atoms with E-state index in [-0.39, 0.29) is 10.6 Å². The summed E-state index contributed by atoms with van der Waals surface area (Å²) in [6, 6.07) is 10.9. The first-order valence-corrected chi connectivity index (χ1v) is 7.11.